The molecule has 1 N–H and O–H groups in total. The van der Waals surface area contributed by atoms with E-state index in [-0.39, 0.29) is 4.90 Å². The van der Waals surface area contributed by atoms with Gasteiger partial charge in [0.15, 0.2) is 0 Å². The summed E-state index contributed by atoms with van der Waals surface area (Å²) in [6.45, 7) is 9.76. The number of nitrogens with one attached hydrogen (secondary N) is 1. The van der Waals surface area contributed by atoms with E-state index in [0.717, 1.165) is 55.9 Å². The highest BCUT2D eigenvalue weighted by atomic mass is 32.2. The van der Waals surface area contributed by atoms with E-state index in [4.69, 9.17) is 0 Å². The molecule has 0 aromatic heterocycles. The number of nitrogens with zero attached hydrogens (tertiary/aromatic N) is 1. The molecule has 2 rings (SSSR count). The minimum Gasteiger partial charge on any atom is -0.406 e. The standard InChI is InChI=1S/C21H23F3N2O3S/c1-3-14-26(15-4-2)16-13-17-5-7-18(8-6-17)25-30(27,28)20-11-9-19(10-12-20)29-21(22,23)24/h3-12,25H,1-2,13-16H2. The molecule has 0 aliphatic rings. The highest BCUT2D eigenvalue weighted by molar-refractivity contribution is 7.92. The van der Waals surface area contributed by atoms with Crippen LogP contribution in [0.1, 0.15) is 5.56 Å². The van der Waals surface area contributed by atoms with Crippen LogP contribution in [0.25, 0.3) is 0 Å². The lowest BCUT2D eigenvalue weighted by Gasteiger charge is -2.18. The molecule has 2 aromatic carbocycles. The van der Waals surface area contributed by atoms with Gasteiger partial charge in [-0.05, 0) is 48.4 Å². The fourth-order valence-electron chi connectivity index (χ4n) is 2.68. The monoisotopic (exact) mass is 440 g/mol. The number of alkyl halides is 3. The lowest BCUT2D eigenvalue weighted by Crippen LogP contribution is -2.26. The van der Waals surface area contributed by atoms with E-state index >= 15 is 0 Å². The Balaban J connectivity index is 2.00. The topological polar surface area (TPSA) is 58.6 Å². The SMILES string of the molecule is C=CCN(CC=C)CCc1ccc(NS(=O)(=O)c2ccc(OC(F)(F)F)cc2)cc1. The fourth-order valence-corrected chi connectivity index (χ4v) is 3.74. The first-order valence-electron chi connectivity index (χ1n) is 9.04. The summed E-state index contributed by atoms with van der Waals surface area (Å²) in [4.78, 5) is 1.99. The molecule has 5 nitrogen and oxygen atoms in total. The number of anilines is 1. The van der Waals surface area contributed by atoms with Crippen molar-refractivity contribution in [3.05, 3.63) is 79.4 Å². The maximum absolute atomic E-state index is 12.4. The van der Waals surface area contributed by atoms with Gasteiger partial charge in [0.05, 0.1) is 4.90 Å². The lowest BCUT2D eigenvalue weighted by molar-refractivity contribution is -0.274. The van der Waals surface area contributed by atoms with Gasteiger partial charge in [-0.3, -0.25) is 9.62 Å². The van der Waals surface area contributed by atoms with Gasteiger partial charge in [-0.15, -0.1) is 26.3 Å². The molecule has 0 saturated heterocycles. The summed E-state index contributed by atoms with van der Waals surface area (Å²) in [5.74, 6) is -0.493. The summed E-state index contributed by atoms with van der Waals surface area (Å²) in [5, 5.41) is 0. The van der Waals surface area contributed by atoms with E-state index in [2.05, 4.69) is 27.5 Å². The van der Waals surface area contributed by atoms with Gasteiger partial charge in [0.2, 0.25) is 0 Å². The first-order valence-corrected chi connectivity index (χ1v) is 10.5. The molecule has 0 radical (unpaired) electrons. The molecule has 162 valence electrons. The van der Waals surface area contributed by atoms with Gasteiger partial charge in [-0.25, -0.2) is 8.42 Å². The van der Waals surface area contributed by atoms with Crippen molar-refractivity contribution in [2.75, 3.05) is 24.4 Å². The van der Waals surface area contributed by atoms with Crippen LogP contribution in [0, 0.1) is 0 Å². The Bertz CT molecular complexity index is 931. The fraction of sp³-hybridized carbons (Fsp3) is 0.238. The maximum Gasteiger partial charge on any atom is 0.573 e. The van der Waals surface area contributed by atoms with E-state index in [1.165, 1.54) is 0 Å². The number of hydrogen-bond acceptors (Lipinski definition) is 4. The Labute approximate surface area is 174 Å². The quantitative estimate of drug-likeness (QED) is 0.519. The van der Waals surface area contributed by atoms with Crippen molar-refractivity contribution in [2.24, 2.45) is 0 Å². The van der Waals surface area contributed by atoms with Crippen molar-refractivity contribution in [3.8, 4) is 5.75 Å². The Morgan fingerprint density at radius 1 is 0.967 bits per heavy atom. The Hall–Kier alpha value is -2.78. The van der Waals surface area contributed by atoms with Crippen LogP contribution < -0.4 is 9.46 Å². The zero-order chi connectivity index (χ0) is 22.2. The molecule has 0 bridgehead atoms. The Kier molecular flexibility index (Phi) is 8.08. The number of ether oxygens (including phenoxy) is 1. The molecule has 0 spiro atoms. The minimum atomic E-state index is -4.84. The number of hydrogen-bond donors (Lipinski definition) is 1. The molecule has 2 aromatic rings. The van der Waals surface area contributed by atoms with Gasteiger partial charge in [0.1, 0.15) is 5.75 Å². The van der Waals surface area contributed by atoms with Crippen molar-refractivity contribution >= 4 is 15.7 Å². The summed E-state index contributed by atoms with van der Waals surface area (Å²) in [6.07, 6.45) is -0.420. The van der Waals surface area contributed by atoms with Crippen molar-refractivity contribution in [1.29, 1.82) is 0 Å². The minimum absolute atomic E-state index is 0.175. The summed E-state index contributed by atoms with van der Waals surface area (Å²) < 4.78 is 67.7. The number of sulfonamides is 1. The lowest BCUT2D eigenvalue weighted by atomic mass is 10.1. The van der Waals surface area contributed by atoms with Crippen LogP contribution in [0.4, 0.5) is 18.9 Å². The second-order valence-electron chi connectivity index (χ2n) is 6.41. The van der Waals surface area contributed by atoms with Gasteiger partial charge in [-0.2, -0.15) is 0 Å². The van der Waals surface area contributed by atoms with Crippen molar-refractivity contribution in [1.82, 2.24) is 4.90 Å². The number of rotatable bonds is 11. The molecule has 9 heteroatoms. The van der Waals surface area contributed by atoms with Gasteiger partial charge in [-0.1, -0.05) is 24.3 Å². The van der Waals surface area contributed by atoms with Gasteiger partial charge in [0.25, 0.3) is 10.0 Å². The second kappa shape index (κ2) is 10.3. The molecule has 30 heavy (non-hydrogen) atoms. The molecule has 0 saturated carbocycles. The molecule has 0 fully saturated rings. The first kappa shape index (κ1) is 23.5. The predicted molar refractivity (Wildman–Crippen MR) is 111 cm³/mol. The molecular formula is C21H23F3N2O3S. The van der Waals surface area contributed by atoms with E-state index < -0.39 is 22.1 Å². The third kappa shape index (κ3) is 7.57. The largest absolute Gasteiger partial charge is 0.573 e. The Morgan fingerprint density at radius 2 is 1.53 bits per heavy atom. The van der Waals surface area contributed by atoms with Crippen LogP contribution in [-0.2, 0) is 16.4 Å². The average Bonchev–Trinajstić information content (AvgIpc) is 2.66. The molecule has 0 amide bonds. The van der Waals surface area contributed by atoms with Crippen LogP contribution in [0.5, 0.6) is 5.75 Å². The van der Waals surface area contributed by atoms with E-state index in [9.17, 15) is 21.6 Å². The molecular weight excluding hydrogens is 417 g/mol. The van der Waals surface area contributed by atoms with Crippen molar-refractivity contribution < 1.29 is 26.3 Å². The summed E-state index contributed by atoms with van der Waals surface area (Å²) >= 11 is 0. The number of halogens is 3. The zero-order valence-electron chi connectivity index (χ0n) is 16.2. The van der Waals surface area contributed by atoms with E-state index in [0.29, 0.717) is 5.69 Å². The number of benzene rings is 2. The van der Waals surface area contributed by atoms with Crippen LogP contribution in [-0.4, -0.2) is 39.3 Å². The van der Waals surface area contributed by atoms with Gasteiger partial charge in [0, 0.05) is 25.3 Å². The summed E-state index contributed by atoms with van der Waals surface area (Å²) in [5.41, 5.74) is 1.38. The molecule has 0 aliphatic carbocycles. The van der Waals surface area contributed by atoms with Gasteiger partial charge < -0.3 is 4.74 Å². The van der Waals surface area contributed by atoms with Crippen molar-refractivity contribution in [3.63, 3.8) is 0 Å². The highest BCUT2D eigenvalue weighted by Gasteiger charge is 2.31. The third-order valence-electron chi connectivity index (χ3n) is 4.07. The highest BCUT2D eigenvalue weighted by Crippen LogP contribution is 2.24. The normalized spacial score (nSPS) is 11.9. The van der Waals surface area contributed by atoms with Crippen molar-refractivity contribution in [2.45, 2.75) is 17.7 Å². The Morgan fingerprint density at radius 3 is 2.03 bits per heavy atom. The summed E-state index contributed by atoms with van der Waals surface area (Å²) in [7, 11) is -3.94. The van der Waals surface area contributed by atoms with E-state index in [1.807, 2.05) is 24.3 Å². The molecule has 0 unspecified atom stereocenters. The maximum atomic E-state index is 12.4. The predicted octanol–water partition coefficient (Wildman–Crippen LogP) is 4.60. The second-order valence-corrected chi connectivity index (χ2v) is 8.09. The average molecular weight is 440 g/mol. The smallest absolute Gasteiger partial charge is 0.406 e. The van der Waals surface area contributed by atoms with Gasteiger partial charge >= 0.3 is 6.36 Å². The van der Waals surface area contributed by atoms with E-state index in [1.54, 1.807) is 12.1 Å². The van der Waals surface area contributed by atoms with Crippen LogP contribution in [0.3, 0.4) is 0 Å². The zero-order valence-corrected chi connectivity index (χ0v) is 17.0. The molecule has 0 heterocycles. The third-order valence-corrected chi connectivity index (χ3v) is 5.46. The van der Waals surface area contributed by atoms with Crippen LogP contribution in [0.15, 0.2) is 78.7 Å². The van der Waals surface area contributed by atoms with Crippen LogP contribution in [0.2, 0.25) is 0 Å². The molecule has 0 atom stereocenters. The summed E-state index contributed by atoms with van der Waals surface area (Å²) in [6, 6.07) is 10.9. The molecule has 0 aliphatic heterocycles. The first-order chi connectivity index (χ1) is 14.1. The van der Waals surface area contributed by atoms with Crippen LogP contribution >= 0.6 is 0 Å².